The lowest BCUT2D eigenvalue weighted by atomic mass is 9.99. The van der Waals surface area contributed by atoms with Crippen molar-refractivity contribution in [1.82, 2.24) is 4.98 Å². The van der Waals surface area contributed by atoms with Crippen LogP contribution in [0.5, 0.6) is 0 Å². The van der Waals surface area contributed by atoms with Crippen molar-refractivity contribution in [1.29, 1.82) is 0 Å². The van der Waals surface area contributed by atoms with Gasteiger partial charge >= 0.3 is 0 Å². The van der Waals surface area contributed by atoms with Gasteiger partial charge in [0, 0.05) is 5.69 Å². The van der Waals surface area contributed by atoms with Crippen LogP contribution in [0.4, 0.5) is 5.69 Å². The van der Waals surface area contributed by atoms with Gasteiger partial charge in [0.2, 0.25) is 5.89 Å². The van der Waals surface area contributed by atoms with Gasteiger partial charge in [0.25, 0.3) is 5.91 Å². The van der Waals surface area contributed by atoms with Crippen LogP contribution in [0.25, 0.3) is 0 Å². The number of carbonyl (C=O) groups excluding carboxylic acids is 1. The summed E-state index contributed by atoms with van der Waals surface area (Å²) in [7, 11) is 0. The summed E-state index contributed by atoms with van der Waals surface area (Å²) in [6, 6.07) is 7.62. The monoisotopic (exact) mass is 315 g/mol. The van der Waals surface area contributed by atoms with Crippen molar-refractivity contribution in [3.8, 4) is 0 Å². The Hall–Kier alpha value is -2.14. The number of nitrogens with one attached hydrogen (secondary N) is 1. The van der Waals surface area contributed by atoms with Crippen molar-refractivity contribution in [2.45, 2.75) is 52.0 Å². The van der Waals surface area contributed by atoms with Crippen molar-refractivity contribution in [2.75, 3.05) is 5.32 Å². The zero-order valence-electron chi connectivity index (χ0n) is 14.0. The summed E-state index contributed by atoms with van der Waals surface area (Å²) in [5.41, 5.74) is 8.19. The Balaban J connectivity index is 2.01. The number of nitrogens with two attached hydrogens (primary N) is 1. The van der Waals surface area contributed by atoms with E-state index < -0.39 is 0 Å². The zero-order chi connectivity index (χ0) is 16.8. The van der Waals surface area contributed by atoms with E-state index in [4.69, 9.17) is 10.2 Å². The first-order valence-electron chi connectivity index (χ1n) is 8.17. The molecule has 0 saturated heterocycles. The van der Waals surface area contributed by atoms with Gasteiger partial charge in [0.05, 0.1) is 6.04 Å². The third kappa shape index (κ3) is 4.42. The van der Waals surface area contributed by atoms with E-state index in [0.717, 1.165) is 24.9 Å². The lowest BCUT2D eigenvalue weighted by Gasteiger charge is -2.10. The summed E-state index contributed by atoms with van der Waals surface area (Å²) in [5.74, 6) is 0.627. The number of anilines is 1. The topological polar surface area (TPSA) is 81.1 Å². The van der Waals surface area contributed by atoms with Gasteiger partial charge < -0.3 is 15.5 Å². The molecule has 1 amide bonds. The van der Waals surface area contributed by atoms with E-state index in [9.17, 15) is 4.79 Å². The summed E-state index contributed by atoms with van der Waals surface area (Å²) in [6.07, 6.45) is 4.16. The Morgan fingerprint density at radius 1 is 1.30 bits per heavy atom. The van der Waals surface area contributed by atoms with E-state index in [1.807, 2.05) is 31.2 Å². The van der Waals surface area contributed by atoms with Crippen molar-refractivity contribution in [3.05, 3.63) is 47.7 Å². The average molecular weight is 315 g/mol. The van der Waals surface area contributed by atoms with Crippen LogP contribution in [0.1, 0.15) is 73.9 Å². The number of rotatable bonds is 7. The van der Waals surface area contributed by atoms with Gasteiger partial charge in [0.1, 0.15) is 6.26 Å². The first-order valence-corrected chi connectivity index (χ1v) is 8.17. The molecule has 2 aromatic rings. The molecule has 0 radical (unpaired) electrons. The molecule has 1 aromatic carbocycles. The van der Waals surface area contributed by atoms with Crippen molar-refractivity contribution in [2.24, 2.45) is 5.73 Å². The lowest BCUT2D eigenvalue weighted by molar-refractivity contribution is 0.102. The van der Waals surface area contributed by atoms with E-state index in [2.05, 4.69) is 24.1 Å². The zero-order valence-corrected chi connectivity index (χ0v) is 14.0. The number of benzene rings is 1. The number of nitrogens with zero attached hydrogens (tertiary/aromatic N) is 1. The first-order chi connectivity index (χ1) is 11.0. The van der Waals surface area contributed by atoms with Gasteiger partial charge in [-0.1, -0.05) is 39.3 Å². The molecule has 23 heavy (non-hydrogen) atoms. The van der Waals surface area contributed by atoms with Crippen LogP contribution < -0.4 is 11.1 Å². The minimum Gasteiger partial charge on any atom is -0.446 e. The molecule has 0 aliphatic carbocycles. The molecule has 0 bridgehead atoms. The molecule has 2 rings (SSSR count). The summed E-state index contributed by atoms with van der Waals surface area (Å²) >= 11 is 0. The summed E-state index contributed by atoms with van der Waals surface area (Å²) in [4.78, 5) is 16.4. The highest BCUT2D eigenvalue weighted by Crippen LogP contribution is 2.21. The average Bonchev–Trinajstić information content (AvgIpc) is 3.05. The fourth-order valence-electron chi connectivity index (χ4n) is 2.32. The molecule has 1 aromatic heterocycles. The van der Waals surface area contributed by atoms with Crippen LogP contribution in [0.3, 0.4) is 0 Å². The molecule has 124 valence electrons. The molecule has 0 spiro atoms. The predicted octanol–water partition coefficient (Wildman–Crippen LogP) is 4.24. The highest BCUT2D eigenvalue weighted by Gasteiger charge is 2.16. The Morgan fingerprint density at radius 2 is 2.00 bits per heavy atom. The highest BCUT2D eigenvalue weighted by atomic mass is 16.3. The van der Waals surface area contributed by atoms with Crippen LogP contribution in [-0.4, -0.2) is 10.9 Å². The normalized spacial score (nSPS) is 13.6. The van der Waals surface area contributed by atoms with E-state index in [1.165, 1.54) is 11.8 Å². The molecule has 0 saturated carbocycles. The van der Waals surface area contributed by atoms with Crippen molar-refractivity contribution in [3.63, 3.8) is 0 Å². The van der Waals surface area contributed by atoms with Gasteiger partial charge in [-0.25, -0.2) is 4.98 Å². The van der Waals surface area contributed by atoms with E-state index in [1.54, 1.807) is 0 Å². The molecule has 0 aliphatic rings. The maximum absolute atomic E-state index is 12.2. The maximum Gasteiger partial charge on any atom is 0.277 e. The van der Waals surface area contributed by atoms with Gasteiger partial charge in [-0.05, 0) is 36.5 Å². The lowest BCUT2D eigenvalue weighted by Crippen LogP contribution is -2.14. The molecule has 2 unspecified atom stereocenters. The standard InChI is InChI=1S/C18H25N3O2/c1-4-6-15(19)18-21-16(11-23-18)17(22)20-14-9-7-13(8-10-14)12(3)5-2/h7-12,15H,4-6,19H2,1-3H3,(H,20,22). The molecule has 1 heterocycles. The number of oxazole rings is 1. The van der Waals surface area contributed by atoms with Gasteiger partial charge in [-0.3, -0.25) is 4.79 Å². The minimum absolute atomic E-state index is 0.248. The van der Waals surface area contributed by atoms with Crippen molar-refractivity contribution < 1.29 is 9.21 Å². The highest BCUT2D eigenvalue weighted by molar-refractivity contribution is 6.02. The molecular weight excluding hydrogens is 290 g/mol. The molecule has 5 heteroatoms. The first kappa shape index (κ1) is 17.2. The smallest absolute Gasteiger partial charge is 0.277 e. The second kappa shape index (κ2) is 7.92. The molecule has 5 nitrogen and oxygen atoms in total. The third-order valence-electron chi connectivity index (χ3n) is 4.02. The summed E-state index contributed by atoms with van der Waals surface area (Å²) < 4.78 is 5.31. The predicted molar refractivity (Wildman–Crippen MR) is 91.4 cm³/mol. The minimum atomic E-state index is -0.292. The number of aromatic nitrogens is 1. The van der Waals surface area contributed by atoms with E-state index in [0.29, 0.717) is 11.8 Å². The Bertz CT molecular complexity index is 634. The number of hydrogen-bond donors (Lipinski definition) is 2. The third-order valence-corrected chi connectivity index (χ3v) is 4.02. The van der Waals surface area contributed by atoms with Crippen LogP contribution in [0.2, 0.25) is 0 Å². The number of amides is 1. The number of hydrogen-bond acceptors (Lipinski definition) is 4. The fourth-order valence-corrected chi connectivity index (χ4v) is 2.32. The van der Waals surface area contributed by atoms with Gasteiger partial charge in [-0.2, -0.15) is 0 Å². The van der Waals surface area contributed by atoms with Crippen LogP contribution in [0.15, 0.2) is 34.9 Å². The largest absolute Gasteiger partial charge is 0.446 e. The summed E-state index contributed by atoms with van der Waals surface area (Å²) in [5, 5.41) is 2.82. The quantitative estimate of drug-likeness (QED) is 0.800. The number of carbonyl (C=O) groups is 1. The molecule has 2 atom stereocenters. The Labute approximate surface area is 137 Å². The molecule has 0 aliphatic heterocycles. The van der Waals surface area contributed by atoms with Crippen LogP contribution >= 0.6 is 0 Å². The molecular formula is C18H25N3O2. The second-order valence-corrected chi connectivity index (χ2v) is 5.85. The van der Waals surface area contributed by atoms with Crippen LogP contribution in [-0.2, 0) is 0 Å². The fraction of sp³-hybridized carbons (Fsp3) is 0.444. The van der Waals surface area contributed by atoms with E-state index in [-0.39, 0.29) is 17.6 Å². The van der Waals surface area contributed by atoms with Crippen molar-refractivity contribution >= 4 is 11.6 Å². The molecule has 3 N–H and O–H groups in total. The van der Waals surface area contributed by atoms with Crippen LogP contribution in [0, 0.1) is 0 Å². The SMILES string of the molecule is CCCC(N)c1nc(C(=O)Nc2ccc(C(C)CC)cc2)co1. The Morgan fingerprint density at radius 3 is 2.61 bits per heavy atom. The second-order valence-electron chi connectivity index (χ2n) is 5.85. The maximum atomic E-state index is 12.2. The van der Waals surface area contributed by atoms with E-state index >= 15 is 0 Å². The van der Waals surface area contributed by atoms with Gasteiger partial charge in [0.15, 0.2) is 5.69 Å². The Kier molecular flexibility index (Phi) is 5.93. The van der Waals surface area contributed by atoms with Gasteiger partial charge in [-0.15, -0.1) is 0 Å². The summed E-state index contributed by atoms with van der Waals surface area (Å²) in [6.45, 7) is 6.38. The molecule has 0 fully saturated rings.